The first-order valence-corrected chi connectivity index (χ1v) is 7.70. The summed E-state index contributed by atoms with van der Waals surface area (Å²) in [4.78, 5) is 45.2. The molecule has 0 aromatic rings. The Kier molecular flexibility index (Phi) is 4.81. The minimum absolute atomic E-state index is 0.540. The predicted octanol–water partition coefficient (Wildman–Crippen LogP) is 0.177. The van der Waals surface area contributed by atoms with Crippen LogP contribution >= 0.6 is 7.60 Å². The predicted molar refractivity (Wildman–Crippen MR) is 67.5 cm³/mol. The lowest BCUT2D eigenvalue weighted by Gasteiger charge is -2.43. The Bertz CT molecular complexity index is 441. The SMILES string of the molecule is C[C@H]1[C@H](NC(=O)OC(C)(C)C)C(=O)N1OCP(=O)(O)O. The lowest BCUT2D eigenvalue weighted by Crippen LogP contribution is -2.69. The summed E-state index contributed by atoms with van der Waals surface area (Å²) < 4.78 is 15.7. The van der Waals surface area contributed by atoms with Crippen molar-refractivity contribution in [2.24, 2.45) is 0 Å². The molecule has 9 nitrogen and oxygen atoms in total. The summed E-state index contributed by atoms with van der Waals surface area (Å²) >= 11 is 0. The van der Waals surface area contributed by atoms with E-state index >= 15 is 0 Å². The lowest BCUT2D eigenvalue weighted by molar-refractivity contribution is -0.225. The zero-order valence-electron chi connectivity index (χ0n) is 11.7. The highest BCUT2D eigenvalue weighted by atomic mass is 31.2. The largest absolute Gasteiger partial charge is 0.444 e. The Morgan fingerprint density at radius 1 is 1.45 bits per heavy atom. The van der Waals surface area contributed by atoms with Gasteiger partial charge in [-0.05, 0) is 27.7 Å². The molecule has 0 saturated carbocycles. The number of carbonyl (C=O) groups is 2. The number of alkyl carbamates (subject to hydrolysis) is 1. The first-order chi connectivity index (χ1) is 8.91. The van der Waals surface area contributed by atoms with Crippen LogP contribution in [0.15, 0.2) is 0 Å². The second kappa shape index (κ2) is 5.69. The smallest absolute Gasteiger partial charge is 0.408 e. The van der Waals surface area contributed by atoms with Crippen molar-refractivity contribution in [3.63, 3.8) is 0 Å². The molecule has 0 spiro atoms. The van der Waals surface area contributed by atoms with Crippen LogP contribution in [-0.4, -0.2) is 50.9 Å². The van der Waals surface area contributed by atoms with Crippen LogP contribution in [0, 0.1) is 0 Å². The monoisotopic (exact) mass is 310 g/mol. The number of amides is 2. The van der Waals surface area contributed by atoms with Gasteiger partial charge >= 0.3 is 13.7 Å². The van der Waals surface area contributed by atoms with Gasteiger partial charge in [-0.3, -0.25) is 14.2 Å². The number of hydrogen-bond acceptors (Lipinski definition) is 5. The van der Waals surface area contributed by atoms with E-state index in [1.807, 2.05) is 0 Å². The number of rotatable bonds is 4. The van der Waals surface area contributed by atoms with Crippen molar-refractivity contribution >= 4 is 19.6 Å². The number of ether oxygens (including phenoxy) is 1. The summed E-state index contributed by atoms with van der Waals surface area (Å²) in [6.45, 7) is 6.64. The Balaban J connectivity index is 2.47. The normalized spacial score (nSPS) is 23.3. The van der Waals surface area contributed by atoms with Gasteiger partial charge in [-0.15, -0.1) is 0 Å². The minimum Gasteiger partial charge on any atom is -0.444 e. The van der Waals surface area contributed by atoms with Crippen molar-refractivity contribution in [1.82, 2.24) is 10.4 Å². The van der Waals surface area contributed by atoms with Crippen molar-refractivity contribution in [3.8, 4) is 0 Å². The number of hydroxylamine groups is 2. The van der Waals surface area contributed by atoms with E-state index in [1.165, 1.54) is 0 Å². The summed E-state index contributed by atoms with van der Waals surface area (Å²) in [6, 6.07) is -1.37. The van der Waals surface area contributed by atoms with Gasteiger partial charge < -0.3 is 19.8 Å². The summed E-state index contributed by atoms with van der Waals surface area (Å²) in [7, 11) is -4.36. The average Bonchev–Trinajstić information content (AvgIpc) is 2.22. The fourth-order valence-corrected chi connectivity index (χ4v) is 1.81. The minimum atomic E-state index is -4.36. The molecule has 0 unspecified atom stereocenters. The average molecular weight is 310 g/mol. The molecule has 116 valence electrons. The van der Waals surface area contributed by atoms with Crippen LogP contribution in [0.2, 0.25) is 0 Å². The van der Waals surface area contributed by atoms with Gasteiger partial charge in [0, 0.05) is 0 Å². The van der Waals surface area contributed by atoms with Crippen molar-refractivity contribution < 1.29 is 33.5 Å². The molecule has 20 heavy (non-hydrogen) atoms. The molecular formula is C10H19N2O7P. The van der Waals surface area contributed by atoms with Crippen molar-refractivity contribution in [2.75, 3.05) is 6.35 Å². The second-order valence-corrected chi connectivity index (χ2v) is 7.04. The third kappa shape index (κ3) is 4.75. The van der Waals surface area contributed by atoms with Crippen LogP contribution in [0.5, 0.6) is 0 Å². The van der Waals surface area contributed by atoms with E-state index in [0.717, 1.165) is 5.06 Å². The molecule has 2 atom stereocenters. The standard InChI is InChI=1S/C10H19N2O7P/c1-6-7(11-9(14)19-10(2,3)4)8(13)12(6)18-5-20(15,16)17/h6-7H,5H2,1-4H3,(H,11,14)(H2,15,16,17)/t6-,7-/m0/s1. The van der Waals surface area contributed by atoms with E-state index in [4.69, 9.17) is 19.4 Å². The van der Waals surface area contributed by atoms with Crippen molar-refractivity contribution in [1.29, 1.82) is 0 Å². The van der Waals surface area contributed by atoms with Crippen LogP contribution < -0.4 is 5.32 Å². The maximum atomic E-state index is 11.7. The van der Waals surface area contributed by atoms with Crippen LogP contribution in [0.1, 0.15) is 27.7 Å². The van der Waals surface area contributed by atoms with E-state index < -0.39 is 43.6 Å². The first-order valence-electron chi connectivity index (χ1n) is 5.91. The van der Waals surface area contributed by atoms with Crippen LogP contribution in [0.3, 0.4) is 0 Å². The molecule has 10 heteroatoms. The molecule has 1 rings (SSSR count). The molecule has 0 aromatic heterocycles. The number of carbonyl (C=O) groups excluding carboxylic acids is 2. The van der Waals surface area contributed by atoms with Gasteiger partial charge in [0.25, 0.3) is 5.91 Å². The molecule has 1 aliphatic heterocycles. The Hall–Kier alpha value is -1.15. The number of nitrogens with one attached hydrogen (secondary N) is 1. The van der Waals surface area contributed by atoms with E-state index in [2.05, 4.69) is 5.32 Å². The summed E-state index contributed by atoms with van der Waals surface area (Å²) in [5.41, 5.74) is -0.684. The lowest BCUT2D eigenvalue weighted by atomic mass is 10.0. The number of hydrogen-bond donors (Lipinski definition) is 3. The summed E-state index contributed by atoms with van der Waals surface area (Å²) in [5, 5.41) is 3.19. The topological polar surface area (TPSA) is 125 Å². The molecule has 3 N–H and O–H groups in total. The zero-order valence-corrected chi connectivity index (χ0v) is 12.6. The molecule has 0 aromatic carbocycles. The van der Waals surface area contributed by atoms with Crippen molar-refractivity contribution in [3.05, 3.63) is 0 Å². The fourth-order valence-electron chi connectivity index (χ4n) is 1.53. The Labute approximate surface area is 116 Å². The quantitative estimate of drug-likeness (QED) is 0.499. The van der Waals surface area contributed by atoms with Gasteiger partial charge in [0.05, 0.1) is 6.04 Å². The van der Waals surface area contributed by atoms with Gasteiger partial charge in [0.15, 0.2) is 6.35 Å². The highest BCUT2D eigenvalue weighted by Gasteiger charge is 2.47. The molecule has 1 aliphatic rings. The maximum Gasteiger partial charge on any atom is 0.408 e. The van der Waals surface area contributed by atoms with Gasteiger partial charge in [-0.25, -0.2) is 9.86 Å². The van der Waals surface area contributed by atoms with Crippen molar-refractivity contribution in [2.45, 2.75) is 45.4 Å². The molecule has 0 radical (unpaired) electrons. The molecular weight excluding hydrogens is 291 g/mol. The third-order valence-corrected chi connectivity index (χ3v) is 2.82. The zero-order chi connectivity index (χ0) is 15.7. The fraction of sp³-hybridized carbons (Fsp3) is 0.800. The molecule has 0 bridgehead atoms. The second-order valence-electron chi connectivity index (χ2n) is 5.45. The molecule has 2 amide bonds. The van der Waals surface area contributed by atoms with Gasteiger partial charge in [-0.1, -0.05) is 0 Å². The van der Waals surface area contributed by atoms with E-state index in [0.29, 0.717) is 0 Å². The summed E-state index contributed by atoms with van der Waals surface area (Å²) in [5.74, 6) is -0.586. The van der Waals surface area contributed by atoms with Crippen LogP contribution in [-0.2, 0) is 18.9 Å². The Morgan fingerprint density at radius 2 is 2.00 bits per heavy atom. The van der Waals surface area contributed by atoms with Gasteiger partial charge in [-0.2, -0.15) is 0 Å². The van der Waals surface area contributed by atoms with Gasteiger partial charge in [0.2, 0.25) is 0 Å². The van der Waals surface area contributed by atoms with E-state index in [1.54, 1.807) is 27.7 Å². The highest BCUT2D eigenvalue weighted by molar-refractivity contribution is 7.51. The maximum absolute atomic E-state index is 11.7. The van der Waals surface area contributed by atoms with E-state index in [-0.39, 0.29) is 0 Å². The first kappa shape index (κ1) is 16.9. The highest BCUT2D eigenvalue weighted by Crippen LogP contribution is 2.35. The van der Waals surface area contributed by atoms with E-state index in [9.17, 15) is 14.2 Å². The number of nitrogens with zero attached hydrogens (tertiary/aromatic N) is 1. The molecule has 1 saturated heterocycles. The molecule has 0 aliphatic carbocycles. The van der Waals surface area contributed by atoms with Crippen LogP contribution in [0.25, 0.3) is 0 Å². The summed E-state index contributed by atoms with van der Waals surface area (Å²) in [6.07, 6.45) is -1.63. The molecule has 1 fully saturated rings. The Morgan fingerprint density at radius 3 is 2.40 bits per heavy atom. The number of β-lactam (4-membered cyclic amide) rings is 1. The third-order valence-electron chi connectivity index (χ3n) is 2.37. The molecule has 1 heterocycles. The van der Waals surface area contributed by atoms with Gasteiger partial charge in [0.1, 0.15) is 11.6 Å². The van der Waals surface area contributed by atoms with Crippen LogP contribution in [0.4, 0.5) is 4.79 Å².